The molecule has 0 atom stereocenters. The zero-order valence-corrected chi connectivity index (χ0v) is 7.36. The minimum Gasteiger partial charge on any atom is -0.350 e. The SMILES string of the molecule is NCCC(=O)NCc1ccccn1. The van der Waals surface area contributed by atoms with Gasteiger partial charge in [-0.2, -0.15) is 0 Å². The fourth-order valence-electron chi connectivity index (χ4n) is 0.911. The zero-order chi connectivity index (χ0) is 9.52. The van der Waals surface area contributed by atoms with Crippen LogP contribution in [0.3, 0.4) is 0 Å². The lowest BCUT2D eigenvalue weighted by Gasteiger charge is -2.02. The summed E-state index contributed by atoms with van der Waals surface area (Å²) in [6.45, 7) is 0.855. The topological polar surface area (TPSA) is 68.0 Å². The molecule has 0 saturated heterocycles. The Bertz CT molecular complexity index is 261. The molecule has 0 aliphatic rings. The molecular formula is C9H13N3O. The van der Waals surface area contributed by atoms with Crippen molar-refractivity contribution in [2.45, 2.75) is 13.0 Å². The van der Waals surface area contributed by atoms with Crippen molar-refractivity contribution in [1.82, 2.24) is 10.3 Å². The maximum Gasteiger partial charge on any atom is 0.221 e. The van der Waals surface area contributed by atoms with E-state index in [9.17, 15) is 4.79 Å². The van der Waals surface area contributed by atoms with Crippen LogP contribution in [-0.4, -0.2) is 17.4 Å². The predicted octanol–water partition coefficient (Wildman–Crippen LogP) is 0.0466. The van der Waals surface area contributed by atoms with Crippen LogP contribution in [0.2, 0.25) is 0 Å². The third-order valence-corrected chi connectivity index (χ3v) is 1.56. The summed E-state index contributed by atoms with van der Waals surface area (Å²) >= 11 is 0. The van der Waals surface area contributed by atoms with Gasteiger partial charge in [0.05, 0.1) is 12.2 Å². The Morgan fingerprint density at radius 3 is 3.00 bits per heavy atom. The van der Waals surface area contributed by atoms with Crippen LogP contribution in [-0.2, 0) is 11.3 Å². The van der Waals surface area contributed by atoms with Crippen LogP contribution in [0.5, 0.6) is 0 Å². The predicted molar refractivity (Wildman–Crippen MR) is 49.8 cm³/mol. The lowest BCUT2D eigenvalue weighted by Crippen LogP contribution is -2.25. The first-order valence-corrected chi connectivity index (χ1v) is 4.19. The molecule has 0 aliphatic carbocycles. The van der Waals surface area contributed by atoms with E-state index in [-0.39, 0.29) is 5.91 Å². The third kappa shape index (κ3) is 3.66. The van der Waals surface area contributed by atoms with Gasteiger partial charge in [-0.3, -0.25) is 9.78 Å². The minimum atomic E-state index is -0.0341. The number of amides is 1. The van der Waals surface area contributed by atoms with Gasteiger partial charge in [0.15, 0.2) is 0 Å². The smallest absolute Gasteiger partial charge is 0.221 e. The van der Waals surface area contributed by atoms with E-state index in [1.807, 2.05) is 18.2 Å². The Kier molecular flexibility index (Phi) is 3.92. The Morgan fingerprint density at radius 2 is 2.38 bits per heavy atom. The quantitative estimate of drug-likeness (QED) is 0.686. The molecule has 1 aromatic heterocycles. The monoisotopic (exact) mass is 179 g/mol. The molecule has 1 aromatic rings. The number of aromatic nitrogens is 1. The van der Waals surface area contributed by atoms with Crippen molar-refractivity contribution in [3.63, 3.8) is 0 Å². The normalized spacial score (nSPS) is 9.62. The number of nitrogens with two attached hydrogens (primary N) is 1. The molecule has 0 aromatic carbocycles. The number of rotatable bonds is 4. The average Bonchev–Trinajstić information content (AvgIpc) is 2.17. The van der Waals surface area contributed by atoms with E-state index in [0.29, 0.717) is 19.5 Å². The van der Waals surface area contributed by atoms with Crippen LogP contribution in [0.15, 0.2) is 24.4 Å². The van der Waals surface area contributed by atoms with Gasteiger partial charge in [-0.1, -0.05) is 6.07 Å². The number of hydrogen-bond donors (Lipinski definition) is 2. The van der Waals surface area contributed by atoms with Crippen LogP contribution in [0.25, 0.3) is 0 Å². The van der Waals surface area contributed by atoms with Crippen LogP contribution in [0.1, 0.15) is 12.1 Å². The maximum absolute atomic E-state index is 11.0. The van der Waals surface area contributed by atoms with E-state index >= 15 is 0 Å². The number of nitrogens with zero attached hydrogens (tertiary/aromatic N) is 1. The average molecular weight is 179 g/mol. The minimum absolute atomic E-state index is 0.0341. The lowest BCUT2D eigenvalue weighted by atomic mass is 10.3. The highest BCUT2D eigenvalue weighted by molar-refractivity contribution is 5.75. The highest BCUT2D eigenvalue weighted by atomic mass is 16.1. The van der Waals surface area contributed by atoms with Gasteiger partial charge < -0.3 is 11.1 Å². The number of carbonyl (C=O) groups is 1. The van der Waals surface area contributed by atoms with E-state index < -0.39 is 0 Å². The van der Waals surface area contributed by atoms with E-state index in [1.54, 1.807) is 6.20 Å². The van der Waals surface area contributed by atoms with Crippen molar-refractivity contribution >= 4 is 5.91 Å². The van der Waals surface area contributed by atoms with Crippen LogP contribution in [0, 0.1) is 0 Å². The van der Waals surface area contributed by atoms with Crippen molar-refractivity contribution in [1.29, 1.82) is 0 Å². The molecule has 0 saturated carbocycles. The molecule has 1 amide bonds. The van der Waals surface area contributed by atoms with E-state index in [1.165, 1.54) is 0 Å². The van der Waals surface area contributed by atoms with Crippen molar-refractivity contribution in [3.8, 4) is 0 Å². The van der Waals surface area contributed by atoms with Crippen LogP contribution >= 0.6 is 0 Å². The highest BCUT2D eigenvalue weighted by Gasteiger charge is 1.98. The Hall–Kier alpha value is -1.42. The fraction of sp³-hybridized carbons (Fsp3) is 0.333. The second-order valence-corrected chi connectivity index (χ2v) is 2.64. The van der Waals surface area contributed by atoms with E-state index in [4.69, 9.17) is 5.73 Å². The summed E-state index contributed by atoms with van der Waals surface area (Å²) in [5, 5.41) is 2.72. The van der Waals surface area contributed by atoms with Gasteiger partial charge in [0.25, 0.3) is 0 Å². The summed E-state index contributed by atoms with van der Waals surface area (Å²) in [5.41, 5.74) is 6.08. The van der Waals surface area contributed by atoms with Gasteiger partial charge >= 0.3 is 0 Å². The summed E-state index contributed by atoms with van der Waals surface area (Å²) in [7, 11) is 0. The second-order valence-electron chi connectivity index (χ2n) is 2.64. The number of nitrogens with one attached hydrogen (secondary N) is 1. The van der Waals surface area contributed by atoms with Crippen LogP contribution in [0.4, 0.5) is 0 Å². The van der Waals surface area contributed by atoms with E-state index in [2.05, 4.69) is 10.3 Å². The Labute approximate surface area is 77.2 Å². The summed E-state index contributed by atoms with van der Waals surface area (Å²) in [6, 6.07) is 5.59. The number of pyridine rings is 1. The van der Waals surface area contributed by atoms with E-state index in [0.717, 1.165) is 5.69 Å². The van der Waals surface area contributed by atoms with Gasteiger partial charge in [0, 0.05) is 19.2 Å². The summed E-state index contributed by atoms with van der Waals surface area (Å²) in [5.74, 6) is -0.0341. The summed E-state index contributed by atoms with van der Waals surface area (Å²) < 4.78 is 0. The molecule has 1 rings (SSSR count). The molecule has 0 aliphatic heterocycles. The molecule has 0 spiro atoms. The van der Waals surface area contributed by atoms with Gasteiger partial charge in [0.2, 0.25) is 5.91 Å². The summed E-state index contributed by atoms with van der Waals surface area (Å²) in [6.07, 6.45) is 2.07. The molecule has 4 heteroatoms. The van der Waals surface area contributed by atoms with Gasteiger partial charge in [-0.05, 0) is 12.1 Å². The van der Waals surface area contributed by atoms with Gasteiger partial charge in [-0.25, -0.2) is 0 Å². The van der Waals surface area contributed by atoms with Gasteiger partial charge in [-0.15, -0.1) is 0 Å². The standard InChI is InChI=1S/C9H13N3O/c10-5-4-9(13)12-7-8-3-1-2-6-11-8/h1-3,6H,4-5,7,10H2,(H,12,13). The Morgan fingerprint density at radius 1 is 1.54 bits per heavy atom. The molecule has 0 bridgehead atoms. The molecule has 0 fully saturated rings. The first kappa shape index (κ1) is 9.67. The summed E-state index contributed by atoms with van der Waals surface area (Å²) in [4.78, 5) is 15.1. The molecule has 3 N–H and O–H groups in total. The zero-order valence-electron chi connectivity index (χ0n) is 7.36. The highest BCUT2D eigenvalue weighted by Crippen LogP contribution is 1.91. The first-order valence-electron chi connectivity index (χ1n) is 4.19. The molecule has 0 radical (unpaired) electrons. The van der Waals surface area contributed by atoms with Crippen molar-refractivity contribution in [2.24, 2.45) is 5.73 Å². The molecule has 70 valence electrons. The van der Waals surface area contributed by atoms with Crippen molar-refractivity contribution in [3.05, 3.63) is 30.1 Å². The van der Waals surface area contributed by atoms with Gasteiger partial charge in [0.1, 0.15) is 0 Å². The van der Waals surface area contributed by atoms with Crippen molar-refractivity contribution in [2.75, 3.05) is 6.54 Å². The lowest BCUT2D eigenvalue weighted by molar-refractivity contribution is -0.121. The largest absolute Gasteiger partial charge is 0.350 e. The Balaban J connectivity index is 2.31. The molecule has 0 unspecified atom stereocenters. The maximum atomic E-state index is 11.0. The molecular weight excluding hydrogens is 166 g/mol. The molecule has 1 heterocycles. The third-order valence-electron chi connectivity index (χ3n) is 1.56. The first-order chi connectivity index (χ1) is 6.33. The fourth-order valence-corrected chi connectivity index (χ4v) is 0.911. The number of carbonyl (C=O) groups excluding carboxylic acids is 1. The molecule has 13 heavy (non-hydrogen) atoms. The number of hydrogen-bond acceptors (Lipinski definition) is 3. The molecule has 4 nitrogen and oxygen atoms in total. The second kappa shape index (κ2) is 5.27. The van der Waals surface area contributed by atoms with Crippen LogP contribution < -0.4 is 11.1 Å². The van der Waals surface area contributed by atoms with Crippen molar-refractivity contribution < 1.29 is 4.79 Å².